The maximum atomic E-state index is 11.5. The highest BCUT2D eigenvalue weighted by atomic mass is 35.5. The molecule has 16 heavy (non-hydrogen) atoms. The van der Waals surface area contributed by atoms with Crippen molar-refractivity contribution >= 4 is 17.6 Å². The lowest BCUT2D eigenvalue weighted by Crippen LogP contribution is -2.21. The normalized spacial score (nSPS) is 12.2. The lowest BCUT2D eigenvalue weighted by Gasteiger charge is -2.12. The number of nitrogens with zero attached hydrogens (tertiary/aromatic N) is 2. The Labute approximate surface area is 98.8 Å². The summed E-state index contributed by atoms with van der Waals surface area (Å²) in [7, 11) is 0. The van der Waals surface area contributed by atoms with Gasteiger partial charge in [0.2, 0.25) is 0 Å². The van der Waals surface area contributed by atoms with Gasteiger partial charge in [-0.05, 0) is 13.8 Å². The summed E-state index contributed by atoms with van der Waals surface area (Å²) in [4.78, 5) is 19.0. The molecule has 0 aliphatic heterocycles. The maximum absolute atomic E-state index is 11.5. The summed E-state index contributed by atoms with van der Waals surface area (Å²) in [5, 5.41) is 0.235. The van der Waals surface area contributed by atoms with E-state index in [0.717, 1.165) is 0 Å². The van der Waals surface area contributed by atoms with Crippen LogP contribution in [0.1, 0.15) is 24.3 Å². The van der Waals surface area contributed by atoms with E-state index in [1.165, 1.54) is 12.4 Å². The van der Waals surface area contributed by atoms with Crippen molar-refractivity contribution in [3.8, 4) is 0 Å². The number of carbonyl (C=O) groups excluding carboxylic acids is 1. The largest absolute Gasteiger partial charge is 0.455 e. The van der Waals surface area contributed by atoms with Crippen molar-refractivity contribution in [3.05, 3.63) is 23.2 Å². The van der Waals surface area contributed by atoms with Gasteiger partial charge in [-0.2, -0.15) is 0 Å². The zero-order chi connectivity index (χ0) is 12.0. The number of aromatic nitrogens is 2. The summed E-state index contributed by atoms with van der Waals surface area (Å²) in [6.07, 6.45) is 2.26. The fourth-order valence-corrected chi connectivity index (χ4v) is 1.08. The van der Waals surface area contributed by atoms with Crippen molar-refractivity contribution < 1.29 is 14.3 Å². The van der Waals surface area contributed by atoms with Crippen molar-refractivity contribution in [1.82, 2.24) is 9.97 Å². The second kappa shape index (κ2) is 6.40. The molecule has 0 bridgehead atoms. The van der Waals surface area contributed by atoms with Crippen molar-refractivity contribution in [2.75, 3.05) is 13.2 Å². The van der Waals surface area contributed by atoms with Crippen LogP contribution < -0.4 is 0 Å². The topological polar surface area (TPSA) is 61.3 Å². The second-order valence-corrected chi connectivity index (χ2v) is 3.49. The fourth-order valence-electron chi connectivity index (χ4n) is 0.979. The van der Waals surface area contributed by atoms with Crippen molar-refractivity contribution in [1.29, 1.82) is 0 Å². The standard InChI is InChI=1S/C10H13ClN2O3/c1-3-15-6-7(2)16-10(14)8-4-13-9(11)5-12-8/h4-5,7H,3,6H2,1-2H3. The molecular formula is C10H13ClN2O3. The Morgan fingerprint density at radius 2 is 2.25 bits per heavy atom. The molecule has 88 valence electrons. The molecule has 0 saturated carbocycles. The summed E-state index contributed by atoms with van der Waals surface area (Å²) in [5.41, 5.74) is 0.132. The zero-order valence-corrected chi connectivity index (χ0v) is 9.90. The van der Waals surface area contributed by atoms with E-state index in [1.807, 2.05) is 6.92 Å². The number of rotatable bonds is 5. The van der Waals surface area contributed by atoms with Gasteiger partial charge in [-0.25, -0.2) is 14.8 Å². The smallest absolute Gasteiger partial charge is 0.358 e. The minimum atomic E-state index is -0.531. The molecule has 1 aromatic rings. The Morgan fingerprint density at radius 3 is 2.81 bits per heavy atom. The molecule has 1 rings (SSSR count). The summed E-state index contributed by atoms with van der Waals surface area (Å²) in [5.74, 6) is -0.531. The predicted molar refractivity (Wildman–Crippen MR) is 58.4 cm³/mol. The monoisotopic (exact) mass is 244 g/mol. The molecule has 1 heterocycles. The first-order chi connectivity index (χ1) is 7.63. The molecule has 0 aliphatic carbocycles. The molecule has 0 N–H and O–H groups in total. The van der Waals surface area contributed by atoms with Gasteiger partial charge < -0.3 is 9.47 Å². The summed E-state index contributed by atoms with van der Waals surface area (Å²) in [6, 6.07) is 0. The average Bonchev–Trinajstić information content (AvgIpc) is 2.27. The van der Waals surface area contributed by atoms with Gasteiger partial charge in [0.05, 0.1) is 19.0 Å². The highest BCUT2D eigenvalue weighted by molar-refractivity contribution is 6.29. The molecule has 0 aromatic carbocycles. The fraction of sp³-hybridized carbons (Fsp3) is 0.500. The molecule has 1 unspecified atom stereocenters. The first kappa shape index (κ1) is 12.9. The van der Waals surface area contributed by atoms with Gasteiger partial charge >= 0.3 is 5.97 Å². The number of hydrogen-bond donors (Lipinski definition) is 0. The highest BCUT2D eigenvalue weighted by Gasteiger charge is 2.13. The predicted octanol–water partition coefficient (Wildman–Crippen LogP) is 1.71. The Kier molecular flexibility index (Phi) is 5.14. The van der Waals surface area contributed by atoms with E-state index in [9.17, 15) is 4.79 Å². The van der Waals surface area contributed by atoms with Crippen LogP contribution in [0.25, 0.3) is 0 Å². The van der Waals surface area contributed by atoms with Gasteiger partial charge in [0.15, 0.2) is 5.69 Å². The zero-order valence-electron chi connectivity index (χ0n) is 9.14. The van der Waals surface area contributed by atoms with E-state index in [-0.39, 0.29) is 17.0 Å². The molecule has 1 atom stereocenters. The average molecular weight is 245 g/mol. The number of esters is 1. The van der Waals surface area contributed by atoms with Gasteiger partial charge in [0.25, 0.3) is 0 Å². The van der Waals surface area contributed by atoms with Crippen molar-refractivity contribution in [3.63, 3.8) is 0 Å². The van der Waals surface area contributed by atoms with Crippen LogP contribution in [0, 0.1) is 0 Å². The van der Waals surface area contributed by atoms with Crippen LogP contribution in [0.15, 0.2) is 12.4 Å². The van der Waals surface area contributed by atoms with Crippen LogP contribution in [-0.4, -0.2) is 35.3 Å². The Balaban J connectivity index is 2.48. The lowest BCUT2D eigenvalue weighted by molar-refractivity contribution is 0.00383. The Morgan fingerprint density at radius 1 is 1.50 bits per heavy atom. The molecule has 0 aliphatic rings. The third-order valence-corrected chi connectivity index (χ3v) is 1.89. The van der Waals surface area contributed by atoms with E-state index in [0.29, 0.717) is 13.2 Å². The molecule has 1 aromatic heterocycles. The van der Waals surface area contributed by atoms with Gasteiger partial charge in [0.1, 0.15) is 11.3 Å². The molecule has 0 spiro atoms. The van der Waals surface area contributed by atoms with Crippen LogP contribution in [-0.2, 0) is 9.47 Å². The quantitative estimate of drug-likeness (QED) is 0.738. The van der Waals surface area contributed by atoms with Crippen LogP contribution in [0.3, 0.4) is 0 Å². The number of halogens is 1. The van der Waals surface area contributed by atoms with E-state index >= 15 is 0 Å². The minimum absolute atomic E-state index is 0.132. The van der Waals surface area contributed by atoms with Crippen molar-refractivity contribution in [2.24, 2.45) is 0 Å². The summed E-state index contributed by atoms with van der Waals surface area (Å²) < 4.78 is 10.2. The van der Waals surface area contributed by atoms with E-state index in [4.69, 9.17) is 21.1 Å². The molecular weight excluding hydrogens is 232 g/mol. The van der Waals surface area contributed by atoms with Crippen LogP contribution in [0.2, 0.25) is 5.15 Å². The number of ether oxygens (including phenoxy) is 2. The molecule has 0 saturated heterocycles. The summed E-state index contributed by atoms with van der Waals surface area (Å²) in [6.45, 7) is 4.57. The van der Waals surface area contributed by atoms with E-state index in [1.54, 1.807) is 6.92 Å². The SMILES string of the molecule is CCOCC(C)OC(=O)c1cnc(Cl)cn1. The first-order valence-electron chi connectivity index (χ1n) is 4.89. The number of hydrogen-bond acceptors (Lipinski definition) is 5. The number of carbonyl (C=O) groups is 1. The van der Waals surface area contributed by atoms with Crippen molar-refractivity contribution in [2.45, 2.75) is 20.0 Å². The van der Waals surface area contributed by atoms with Gasteiger partial charge in [-0.3, -0.25) is 0 Å². The Bertz CT molecular complexity index is 342. The van der Waals surface area contributed by atoms with Crippen LogP contribution in [0.5, 0.6) is 0 Å². The van der Waals surface area contributed by atoms with Crippen LogP contribution in [0.4, 0.5) is 0 Å². The molecule has 5 nitrogen and oxygen atoms in total. The molecule has 0 amide bonds. The first-order valence-corrected chi connectivity index (χ1v) is 5.27. The lowest BCUT2D eigenvalue weighted by atomic mass is 10.4. The van der Waals surface area contributed by atoms with Crippen LogP contribution >= 0.6 is 11.6 Å². The molecule has 0 fully saturated rings. The maximum Gasteiger partial charge on any atom is 0.358 e. The van der Waals surface area contributed by atoms with Gasteiger partial charge in [0, 0.05) is 6.61 Å². The summed E-state index contributed by atoms with van der Waals surface area (Å²) >= 11 is 5.54. The van der Waals surface area contributed by atoms with Gasteiger partial charge in [-0.15, -0.1) is 0 Å². The van der Waals surface area contributed by atoms with E-state index < -0.39 is 5.97 Å². The molecule has 6 heteroatoms. The molecule has 0 radical (unpaired) electrons. The third kappa shape index (κ3) is 4.12. The highest BCUT2D eigenvalue weighted by Crippen LogP contribution is 2.04. The minimum Gasteiger partial charge on any atom is -0.455 e. The Hall–Kier alpha value is -1.20. The van der Waals surface area contributed by atoms with E-state index in [2.05, 4.69) is 9.97 Å². The third-order valence-electron chi connectivity index (χ3n) is 1.69. The second-order valence-electron chi connectivity index (χ2n) is 3.10. The van der Waals surface area contributed by atoms with Gasteiger partial charge in [-0.1, -0.05) is 11.6 Å².